The number of nitrogens with zero attached hydrogens (tertiary/aromatic N) is 1. The summed E-state index contributed by atoms with van der Waals surface area (Å²) in [5, 5.41) is 5.72. The minimum Gasteiger partial charge on any atom is -0.612 e. The van der Waals surface area contributed by atoms with E-state index in [0.717, 1.165) is 17.4 Å². The first-order chi connectivity index (χ1) is 12.3. The van der Waals surface area contributed by atoms with Crippen molar-refractivity contribution in [1.29, 1.82) is 0 Å². The minimum atomic E-state index is -1.36. The van der Waals surface area contributed by atoms with Gasteiger partial charge in [-0.3, -0.25) is 5.32 Å². The van der Waals surface area contributed by atoms with Gasteiger partial charge in [-0.2, -0.15) is 0 Å². The van der Waals surface area contributed by atoms with Gasteiger partial charge >= 0.3 is 12.1 Å². The normalized spacial score (nSPS) is 13.9. The highest BCUT2D eigenvalue weighted by Crippen LogP contribution is 2.24. The SMILES string of the molecule is C[S+]([O-])/C=C(\C(=O)OCC[Si](C)(C)C)c1csc(NC(=O)OC(C)(C)C)n1. The third kappa shape index (κ3) is 9.94. The number of carbonyl (C=O) groups excluding carboxylic acids is 2. The Kier molecular flexibility index (Phi) is 8.52. The number of ether oxygens (including phenoxy) is 2. The highest BCUT2D eigenvalue weighted by atomic mass is 32.2. The standard InChI is InChI=1S/C17H28N2O5S2Si/c1-17(2,3)24-16(21)19-15-18-13(10-25-15)12(11-26(4)22)14(20)23-8-9-27(5,6)7/h10-11H,8-9H2,1-7H3,(H,18,19,21)/b12-11-. The highest BCUT2D eigenvalue weighted by Gasteiger charge is 2.23. The average Bonchev–Trinajstić information content (AvgIpc) is 2.88. The summed E-state index contributed by atoms with van der Waals surface area (Å²) >= 11 is -0.215. The Morgan fingerprint density at radius 1 is 1.37 bits per heavy atom. The maximum Gasteiger partial charge on any atom is 0.413 e. The smallest absolute Gasteiger partial charge is 0.413 e. The van der Waals surface area contributed by atoms with Crippen LogP contribution >= 0.6 is 11.3 Å². The first-order valence-corrected chi connectivity index (χ1v) is 14.6. The molecular weight excluding hydrogens is 404 g/mol. The van der Waals surface area contributed by atoms with Gasteiger partial charge in [0, 0.05) is 13.5 Å². The van der Waals surface area contributed by atoms with Gasteiger partial charge in [0.05, 0.1) is 18.6 Å². The molecule has 7 nitrogen and oxygen atoms in total. The van der Waals surface area contributed by atoms with Crippen molar-refractivity contribution in [3.8, 4) is 0 Å². The van der Waals surface area contributed by atoms with Crippen LogP contribution < -0.4 is 5.32 Å². The molecule has 1 aromatic rings. The summed E-state index contributed by atoms with van der Waals surface area (Å²) < 4.78 is 22.1. The maximum atomic E-state index is 12.4. The van der Waals surface area contributed by atoms with E-state index < -0.39 is 36.9 Å². The molecule has 0 fully saturated rings. The molecule has 0 aliphatic rings. The Labute approximate surface area is 168 Å². The van der Waals surface area contributed by atoms with Crippen LogP contribution in [0, 0.1) is 0 Å². The van der Waals surface area contributed by atoms with Gasteiger partial charge in [-0.05, 0) is 38.0 Å². The van der Waals surface area contributed by atoms with Gasteiger partial charge in [0.2, 0.25) is 0 Å². The van der Waals surface area contributed by atoms with Crippen LogP contribution in [0.1, 0.15) is 26.5 Å². The van der Waals surface area contributed by atoms with E-state index in [1.807, 2.05) is 0 Å². The highest BCUT2D eigenvalue weighted by molar-refractivity contribution is 7.93. The fraction of sp³-hybridized carbons (Fsp3) is 0.588. The molecule has 1 heterocycles. The summed E-state index contributed by atoms with van der Waals surface area (Å²) in [5.74, 6) is -0.572. The molecule has 1 N–H and O–H groups in total. The number of nitrogens with one attached hydrogen (secondary N) is 1. The Morgan fingerprint density at radius 2 is 2.00 bits per heavy atom. The van der Waals surface area contributed by atoms with Crippen LogP contribution in [0.25, 0.3) is 5.57 Å². The number of aromatic nitrogens is 1. The van der Waals surface area contributed by atoms with Crippen molar-refractivity contribution in [2.75, 3.05) is 18.2 Å². The van der Waals surface area contributed by atoms with Crippen LogP contribution in [0.4, 0.5) is 9.93 Å². The molecule has 0 radical (unpaired) electrons. The fourth-order valence-electron chi connectivity index (χ4n) is 1.75. The lowest BCUT2D eigenvalue weighted by molar-refractivity contribution is -0.136. The fourth-order valence-corrected chi connectivity index (χ4v) is 3.71. The van der Waals surface area contributed by atoms with E-state index in [9.17, 15) is 14.1 Å². The van der Waals surface area contributed by atoms with Gasteiger partial charge in [0.25, 0.3) is 0 Å². The van der Waals surface area contributed by atoms with Crippen LogP contribution in [-0.2, 0) is 25.4 Å². The van der Waals surface area contributed by atoms with Crippen LogP contribution in [0.5, 0.6) is 0 Å². The zero-order chi connectivity index (χ0) is 20.8. The summed E-state index contributed by atoms with van der Waals surface area (Å²) in [6.45, 7) is 12.2. The zero-order valence-corrected chi connectivity index (χ0v) is 19.5. The molecule has 1 unspecified atom stereocenters. The summed E-state index contributed by atoms with van der Waals surface area (Å²) in [4.78, 5) is 28.5. The number of hydrogen-bond acceptors (Lipinski definition) is 7. The van der Waals surface area contributed by atoms with Crippen molar-refractivity contribution in [1.82, 2.24) is 4.98 Å². The van der Waals surface area contributed by atoms with Gasteiger partial charge in [0.1, 0.15) is 16.6 Å². The first-order valence-electron chi connectivity index (χ1n) is 8.44. The number of hydrogen-bond donors (Lipinski definition) is 1. The van der Waals surface area contributed by atoms with Gasteiger partial charge < -0.3 is 14.0 Å². The molecule has 0 aliphatic heterocycles. The monoisotopic (exact) mass is 432 g/mol. The van der Waals surface area contributed by atoms with Crippen LogP contribution in [0.15, 0.2) is 10.8 Å². The lowest BCUT2D eigenvalue weighted by Crippen LogP contribution is -2.27. The molecule has 10 heteroatoms. The number of anilines is 1. The van der Waals surface area contributed by atoms with Gasteiger partial charge in [-0.15, -0.1) is 11.3 Å². The summed E-state index contributed by atoms with van der Waals surface area (Å²) in [7, 11) is -1.34. The molecule has 0 saturated heterocycles. The maximum absolute atomic E-state index is 12.4. The molecule has 0 aliphatic carbocycles. The summed E-state index contributed by atoms with van der Waals surface area (Å²) in [5.41, 5.74) is -0.201. The second-order valence-electron chi connectivity index (χ2n) is 8.14. The third-order valence-corrected chi connectivity index (χ3v) is 6.01. The van der Waals surface area contributed by atoms with Crippen molar-refractivity contribution in [3.63, 3.8) is 0 Å². The predicted molar refractivity (Wildman–Crippen MR) is 113 cm³/mol. The van der Waals surface area contributed by atoms with E-state index in [-0.39, 0.29) is 10.7 Å². The number of esters is 1. The van der Waals surface area contributed by atoms with Crippen LogP contribution in [0.2, 0.25) is 25.7 Å². The van der Waals surface area contributed by atoms with E-state index in [4.69, 9.17) is 9.47 Å². The van der Waals surface area contributed by atoms with Crippen molar-refractivity contribution in [2.45, 2.75) is 52.1 Å². The van der Waals surface area contributed by atoms with Crippen molar-refractivity contribution in [2.24, 2.45) is 0 Å². The summed E-state index contributed by atoms with van der Waals surface area (Å²) in [6.07, 6.45) is 0.826. The zero-order valence-electron chi connectivity index (χ0n) is 16.9. The molecule has 1 amide bonds. The van der Waals surface area contributed by atoms with Gasteiger partial charge in [0.15, 0.2) is 5.13 Å². The van der Waals surface area contributed by atoms with E-state index in [1.54, 1.807) is 26.2 Å². The van der Waals surface area contributed by atoms with Crippen molar-refractivity contribution < 1.29 is 23.6 Å². The van der Waals surface area contributed by atoms with E-state index >= 15 is 0 Å². The average molecular weight is 433 g/mol. The second-order valence-corrected chi connectivity index (χ2v) is 15.9. The largest absolute Gasteiger partial charge is 0.612 e. The molecule has 1 atom stereocenters. The van der Waals surface area contributed by atoms with E-state index in [1.165, 1.54) is 11.7 Å². The van der Waals surface area contributed by atoms with Gasteiger partial charge in [-0.25, -0.2) is 14.6 Å². The molecule has 0 saturated carbocycles. The molecule has 0 aromatic carbocycles. The molecule has 1 rings (SSSR count). The number of rotatable bonds is 7. The molecule has 1 aromatic heterocycles. The quantitative estimate of drug-likeness (QED) is 0.301. The van der Waals surface area contributed by atoms with Crippen LogP contribution in [0.3, 0.4) is 0 Å². The number of carbonyl (C=O) groups is 2. The Hall–Kier alpha value is -1.36. The summed E-state index contributed by atoms with van der Waals surface area (Å²) in [6, 6.07) is 0.837. The predicted octanol–water partition coefficient (Wildman–Crippen LogP) is 4.09. The molecule has 0 bridgehead atoms. The van der Waals surface area contributed by atoms with Crippen molar-refractivity contribution >= 4 is 53.4 Å². The number of amides is 1. The second kappa shape index (κ2) is 9.72. The molecule has 0 spiro atoms. The van der Waals surface area contributed by atoms with E-state index in [0.29, 0.717) is 12.3 Å². The van der Waals surface area contributed by atoms with Crippen LogP contribution in [-0.4, -0.2) is 48.1 Å². The van der Waals surface area contributed by atoms with Gasteiger partial charge in [-0.1, -0.05) is 19.6 Å². The minimum absolute atomic E-state index is 0.125. The Balaban J connectivity index is 2.86. The topological polar surface area (TPSA) is 101 Å². The number of thiazole rings is 1. The van der Waals surface area contributed by atoms with E-state index in [2.05, 4.69) is 29.9 Å². The lowest BCUT2D eigenvalue weighted by atomic mass is 10.2. The van der Waals surface area contributed by atoms with Crippen molar-refractivity contribution in [3.05, 3.63) is 16.5 Å². The Morgan fingerprint density at radius 3 is 2.52 bits per heavy atom. The lowest BCUT2D eigenvalue weighted by Gasteiger charge is -2.18. The molecule has 152 valence electrons. The first kappa shape index (κ1) is 23.7. The third-order valence-electron chi connectivity index (χ3n) is 2.98. The molecule has 27 heavy (non-hydrogen) atoms. The Bertz CT molecular complexity index is 690. The molecular formula is C17H28N2O5S2Si.